The number of benzene rings is 1. The SMILES string of the molecule is Cc1cc(C)c(C(Br)c2c(F)c(F)c(F)c(F)c2F)s1. The Hall–Kier alpha value is -0.950. The van der Waals surface area contributed by atoms with Gasteiger partial charge in [0.15, 0.2) is 23.3 Å². The van der Waals surface area contributed by atoms with Crippen LogP contribution >= 0.6 is 27.3 Å². The van der Waals surface area contributed by atoms with Crippen LogP contribution in [0, 0.1) is 42.9 Å². The topological polar surface area (TPSA) is 0 Å². The molecular weight excluding hydrogens is 363 g/mol. The quantitative estimate of drug-likeness (QED) is 0.281. The largest absolute Gasteiger partial charge is 0.203 e. The van der Waals surface area contributed by atoms with Crippen molar-refractivity contribution in [2.24, 2.45) is 0 Å². The van der Waals surface area contributed by atoms with Crippen molar-refractivity contribution in [1.82, 2.24) is 0 Å². The van der Waals surface area contributed by atoms with Crippen LogP contribution in [0.15, 0.2) is 6.07 Å². The molecule has 1 aromatic heterocycles. The predicted octanol–water partition coefficient (Wildman–Crippen LogP) is 5.54. The monoisotopic (exact) mass is 370 g/mol. The minimum absolute atomic E-state index is 0.505. The minimum Gasteiger partial charge on any atom is -0.203 e. The van der Waals surface area contributed by atoms with Crippen LogP contribution in [0.4, 0.5) is 22.0 Å². The van der Waals surface area contributed by atoms with Gasteiger partial charge in [-0.05, 0) is 25.5 Å². The van der Waals surface area contributed by atoms with Crippen LogP contribution in [-0.4, -0.2) is 0 Å². The van der Waals surface area contributed by atoms with E-state index < -0.39 is 39.5 Å². The van der Waals surface area contributed by atoms with Crippen LogP contribution in [0.25, 0.3) is 0 Å². The van der Waals surface area contributed by atoms with E-state index in [1.54, 1.807) is 19.9 Å². The van der Waals surface area contributed by atoms with Crippen molar-refractivity contribution >= 4 is 27.3 Å². The van der Waals surface area contributed by atoms with Gasteiger partial charge in [0.2, 0.25) is 5.82 Å². The summed E-state index contributed by atoms with van der Waals surface area (Å²) in [6.07, 6.45) is 0. The van der Waals surface area contributed by atoms with Gasteiger partial charge in [0, 0.05) is 15.3 Å². The van der Waals surface area contributed by atoms with Gasteiger partial charge in [0.05, 0.1) is 4.83 Å². The highest BCUT2D eigenvalue weighted by molar-refractivity contribution is 9.09. The van der Waals surface area contributed by atoms with E-state index in [4.69, 9.17) is 0 Å². The lowest BCUT2D eigenvalue weighted by Gasteiger charge is -2.13. The van der Waals surface area contributed by atoms with Crippen LogP contribution < -0.4 is 0 Å². The number of thiophene rings is 1. The van der Waals surface area contributed by atoms with Crippen molar-refractivity contribution < 1.29 is 22.0 Å². The van der Waals surface area contributed by atoms with E-state index in [-0.39, 0.29) is 0 Å². The Morgan fingerprint density at radius 2 is 1.35 bits per heavy atom. The van der Waals surface area contributed by atoms with Gasteiger partial charge in [-0.2, -0.15) is 0 Å². The molecule has 1 unspecified atom stereocenters. The number of hydrogen-bond acceptors (Lipinski definition) is 1. The summed E-state index contributed by atoms with van der Waals surface area (Å²) >= 11 is 4.26. The van der Waals surface area contributed by atoms with Crippen LogP contribution in [-0.2, 0) is 0 Å². The second-order valence-corrected chi connectivity index (χ2v) is 6.45. The van der Waals surface area contributed by atoms with Gasteiger partial charge in [-0.1, -0.05) is 15.9 Å². The molecule has 20 heavy (non-hydrogen) atoms. The van der Waals surface area contributed by atoms with Crippen molar-refractivity contribution in [3.05, 3.63) is 56.0 Å². The van der Waals surface area contributed by atoms with Crippen molar-refractivity contribution in [2.75, 3.05) is 0 Å². The van der Waals surface area contributed by atoms with Crippen LogP contribution in [0.1, 0.15) is 25.7 Å². The third-order valence-corrected chi connectivity index (χ3v) is 5.24. The number of halogens is 6. The van der Waals surface area contributed by atoms with E-state index >= 15 is 0 Å². The van der Waals surface area contributed by atoms with Crippen LogP contribution in [0.2, 0.25) is 0 Å². The van der Waals surface area contributed by atoms with Gasteiger partial charge in [-0.3, -0.25) is 0 Å². The Morgan fingerprint density at radius 1 is 0.900 bits per heavy atom. The molecule has 0 radical (unpaired) electrons. The second-order valence-electron chi connectivity index (χ2n) is 4.25. The van der Waals surface area contributed by atoms with E-state index in [0.29, 0.717) is 4.88 Å². The fourth-order valence-electron chi connectivity index (χ4n) is 1.89. The van der Waals surface area contributed by atoms with Gasteiger partial charge >= 0.3 is 0 Å². The first-order valence-electron chi connectivity index (χ1n) is 5.48. The Bertz CT molecular complexity index is 651. The number of alkyl halides is 1. The average molecular weight is 371 g/mol. The smallest absolute Gasteiger partial charge is 0.200 e. The molecule has 0 aliphatic rings. The highest BCUT2D eigenvalue weighted by atomic mass is 79.9. The molecule has 7 heteroatoms. The molecule has 0 saturated heterocycles. The molecule has 1 heterocycles. The fraction of sp³-hybridized carbons (Fsp3) is 0.231. The van der Waals surface area contributed by atoms with Gasteiger partial charge in [0.25, 0.3) is 0 Å². The summed E-state index contributed by atoms with van der Waals surface area (Å²) < 4.78 is 66.9. The van der Waals surface area contributed by atoms with Gasteiger partial charge < -0.3 is 0 Å². The molecule has 0 bridgehead atoms. The molecule has 0 amide bonds. The highest BCUT2D eigenvalue weighted by Crippen LogP contribution is 2.41. The van der Waals surface area contributed by atoms with Crippen LogP contribution in [0.3, 0.4) is 0 Å². The van der Waals surface area contributed by atoms with E-state index in [1.165, 1.54) is 11.3 Å². The van der Waals surface area contributed by atoms with Crippen molar-refractivity contribution in [3.8, 4) is 0 Å². The van der Waals surface area contributed by atoms with Gasteiger partial charge in [-0.25, -0.2) is 22.0 Å². The third-order valence-electron chi connectivity index (χ3n) is 2.81. The van der Waals surface area contributed by atoms with Gasteiger partial charge in [-0.15, -0.1) is 11.3 Å². The molecule has 2 aromatic rings. The molecule has 1 atom stereocenters. The zero-order valence-electron chi connectivity index (χ0n) is 10.3. The molecule has 0 N–H and O–H groups in total. The fourth-order valence-corrected chi connectivity index (χ4v) is 3.95. The molecular formula is C13H8BrF5S. The molecule has 0 fully saturated rings. The summed E-state index contributed by atoms with van der Waals surface area (Å²) in [4.78, 5) is 0.294. The first kappa shape index (κ1) is 15.4. The zero-order chi connectivity index (χ0) is 15.2. The number of hydrogen-bond donors (Lipinski definition) is 0. The average Bonchev–Trinajstić information content (AvgIpc) is 2.73. The Balaban J connectivity index is 2.67. The lowest BCUT2D eigenvalue weighted by Crippen LogP contribution is -2.09. The summed E-state index contributed by atoms with van der Waals surface area (Å²) in [5.74, 6) is -9.64. The number of rotatable bonds is 2. The standard InChI is InChI=1S/C13H8BrF5S/c1-4-3-5(2)20-13(4)7(14)6-8(15)10(17)12(19)11(18)9(6)16/h3,7H,1-2H3. The maximum atomic E-state index is 13.7. The predicted molar refractivity (Wildman–Crippen MR) is 70.8 cm³/mol. The second kappa shape index (κ2) is 5.44. The molecule has 0 aliphatic carbocycles. The summed E-state index contributed by atoms with van der Waals surface area (Å²) in [5, 5.41) is 0. The summed E-state index contributed by atoms with van der Waals surface area (Å²) in [7, 11) is 0. The molecule has 108 valence electrons. The lowest BCUT2D eigenvalue weighted by molar-refractivity contribution is 0.371. The summed E-state index contributed by atoms with van der Waals surface area (Å²) in [6.45, 7) is 3.50. The minimum atomic E-state index is -2.15. The van der Waals surface area contributed by atoms with E-state index in [2.05, 4.69) is 15.9 Å². The first-order chi connectivity index (χ1) is 9.25. The van der Waals surface area contributed by atoms with Crippen LogP contribution in [0.5, 0.6) is 0 Å². The molecule has 2 rings (SSSR count). The molecule has 0 spiro atoms. The van der Waals surface area contributed by atoms with Crippen molar-refractivity contribution in [3.63, 3.8) is 0 Å². The van der Waals surface area contributed by atoms with E-state index in [1.807, 2.05) is 0 Å². The molecule has 0 nitrogen and oxygen atoms in total. The molecule has 1 aromatic carbocycles. The normalized spacial score (nSPS) is 12.8. The lowest BCUT2D eigenvalue weighted by atomic mass is 10.1. The molecule has 0 saturated carbocycles. The van der Waals surface area contributed by atoms with Crippen molar-refractivity contribution in [2.45, 2.75) is 18.7 Å². The summed E-state index contributed by atoms with van der Waals surface area (Å²) in [5.41, 5.74) is -0.148. The highest BCUT2D eigenvalue weighted by Gasteiger charge is 2.31. The van der Waals surface area contributed by atoms with E-state index in [9.17, 15) is 22.0 Å². The molecule has 0 aliphatic heterocycles. The maximum Gasteiger partial charge on any atom is 0.200 e. The first-order valence-corrected chi connectivity index (χ1v) is 7.21. The Kier molecular flexibility index (Phi) is 4.20. The number of aryl methyl sites for hydroxylation is 2. The summed E-state index contributed by atoms with van der Waals surface area (Å²) in [6, 6.07) is 1.78. The van der Waals surface area contributed by atoms with Crippen molar-refractivity contribution in [1.29, 1.82) is 0 Å². The Labute approximate surface area is 124 Å². The zero-order valence-corrected chi connectivity index (χ0v) is 12.7. The van der Waals surface area contributed by atoms with Gasteiger partial charge in [0.1, 0.15) is 0 Å². The maximum absolute atomic E-state index is 13.7. The Morgan fingerprint density at radius 3 is 1.75 bits per heavy atom. The van der Waals surface area contributed by atoms with E-state index in [0.717, 1.165) is 10.4 Å². The third kappa shape index (κ3) is 2.37.